The highest BCUT2D eigenvalue weighted by molar-refractivity contribution is 5.86. The minimum absolute atomic E-state index is 0.126. The summed E-state index contributed by atoms with van der Waals surface area (Å²) >= 11 is 0. The van der Waals surface area contributed by atoms with E-state index >= 15 is 0 Å². The Labute approximate surface area is 116 Å². The van der Waals surface area contributed by atoms with E-state index in [0.717, 1.165) is 43.4 Å². The molecule has 0 unspecified atom stereocenters. The van der Waals surface area contributed by atoms with Gasteiger partial charge in [0.05, 0.1) is 17.7 Å². The Bertz CT molecular complexity index is 576. The first-order valence-electron chi connectivity index (χ1n) is 6.86. The molecule has 108 valence electrons. The van der Waals surface area contributed by atoms with E-state index in [1.165, 1.54) is 0 Å². The van der Waals surface area contributed by atoms with Gasteiger partial charge in [0.2, 0.25) is 5.95 Å². The molecule has 0 bridgehead atoms. The predicted molar refractivity (Wildman–Crippen MR) is 75.9 cm³/mol. The molecule has 0 aromatic carbocycles. The number of nitrogen functional groups attached to an aromatic ring is 1. The van der Waals surface area contributed by atoms with E-state index in [9.17, 15) is 5.11 Å². The molecule has 8 nitrogen and oxygen atoms in total. The number of hydrogen-bond acceptors (Lipinski definition) is 7. The smallest absolute Gasteiger partial charge is 0.241 e. The fourth-order valence-electron chi connectivity index (χ4n) is 2.62. The largest absolute Gasteiger partial charge is 0.393 e. The number of aromatic nitrogens is 4. The molecule has 2 aromatic rings. The number of nitrogens with zero attached hydrogens (tertiary/aromatic N) is 3. The summed E-state index contributed by atoms with van der Waals surface area (Å²) in [4.78, 5) is 8.50. The van der Waals surface area contributed by atoms with Crippen LogP contribution in [0.4, 0.5) is 11.8 Å². The van der Waals surface area contributed by atoms with E-state index in [0.29, 0.717) is 17.5 Å². The highest BCUT2D eigenvalue weighted by atomic mass is 16.3. The molecular weight excluding hydrogens is 258 g/mol. The SMILES string of the molecule is NNc1nc(NCC2CCC(O)CC2)c2cn[nH]c2n1. The molecular formula is C12H19N7O. The lowest BCUT2D eigenvalue weighted by Gasteiger charge is -2.25. The standard InChI is InChI=1S/C12H19N7O/c13-18-12-16-10(9-6-15-19-11(9)17-12)14-5-7-1-3-8(20)4-2-7/h6-8,20H,1-5,13H2,(H3,14,15,16,17,18,19). The molecule has 1 aliphatic carbocycles. The van der Waals surface area contributed by atoms with Crippen LogP contribution in [-0.4, -0.2) is 37.9 Å². The molecule has 0 spiro atoms. The lowest BCUT2D eigenvalue weighted by Crippen LogP contribution is -2.24. The van der Waals surface area contributed by atoms with Crippen LogP contribution in [0, 0.1) is 5.92 Å². The van der Waals surface area contributed by atoms with Crippen molar-refractivity contribution in [3.05, 3.63) is 6.20 Å². The van der Waals surface area contributed by atoms with Crippen LogP contribution in [0.15, 0.2) is 6.20 Å². The van der Waals surface area contributed by atoms with E-state index < -0.39 is 0 Å². The second-order valence-electron chi connectivity index (χ2n) is 5.23. The molecule has 3 rings (SSSR count). The lowest BCUT2D eigenvalue weighted by atomic mass is 9.87. The maximum Gasteiger partial charge on any atom is 0.241 e. The number of hydrazine groups is 1. The number of nitrogens with two attached hydrogens (primary N) is 1. The van der Waals surface area contributed by atoms with Gasteiger partial charge in [0.15, 0.2) is 5.65 Å². The van der Waals surface area contributed by atoms with Crippen molar-refractivity contribution in [2.45, 2.75) is 31.8 Å². The maximum absolute atomic E-state index is 9.52. The van der Waals surface area contributed by atoms with Crippen molar-refractivity contribution in [1.82, 2.24) is 20.2 Å². The minimum Gasteiger partial charge on any atom is -0.393 e. The van der Waals surface area contributed by atoms with Crippen LogP contribution >= 0.6 is 0 Å². The Morgan fingerprint density at radius 1 is 1.30 bits per heavy atom. The van der Waals surface area contributed by atoms with Crippen LogP contribution in [0.1, 0.15) is 25.7 Å². The lowest BCUT2D eigenvalue weighted by molar-refractivity contribution is 0.111. The summed E-state index contributed by atoms with van der Waals surface area (Å²) in [5.41, 5.74) is 3.10. The van der Waals surface area contributed by atoms with Gasteiger partial charge in [-0.1, -0.05) is 0 Å². The van der Waals surface area contributed by atoms with Crippen LogP contribution < -0.4 is 16.6 Å². The number of aromatic amines is 1. The summed E-state index contributed by atoms with van der Waals surface area (Å²) in [6.07, 6.45) is 5.41. The number of H-pyrrole nitrogens is 1. The van der Waals surface area contributed by atoms with Crippen molar-refractivity contribution in [2.24, 2.45) is 11.8 Å². The third-order valence-corrected chi connectivity index (χ3v) is 3.81. The fraction of sp³-hybridized carbons (Fsp3) is 0.583. The topological polar surface area (TPSA) is 125 Å². The number of hydrogen-bond donors (Lipinski definition) is 5. The van der Waals surface area contributed by atoms with E-state index in [-0.39, 0.29) is 6.10 Å². The van der Waals surface area contributed by atoms with Gasteiger partial charge in [-0.15, -0.1) is 0 Å². The van der Waals surface area contributed by atoms with Crippen LogP contribution in [0.3, 0.4) is 0 Å². The molecule has 20 heavy (non-hydrogen) atoms. The predicted octanol–water partition coefficient (Wildman–Crippen LogP) is 0.601. The van der Waals surface area contributed by atoms with Gasteiger partial charge in [-0.3, -0.25) is 10.5 Å². The summed E-state index contributed by atoms with van der Waals surface area (Å²) in [5, 5.41) is 20.5. The number of aliphatic hydroxyl groups is 1. The highest BCUT2D eigenvalue weighted by Crippen LogP contribution is 2.26. The Balaban J connectivity index is 1.71. The molecule has 1 fully saturated rings. The van der Waals surface area contributed by atoms with Gasteiger partial charge in [-0.25, -0.2) is 5.84 Å². The third-order valence-electron chi connectivity index (χ3n) is 3.81. The summed E-state index contributed by atoms with van der Waals surface area (Å²) < 4.78 is 0. The molecule has 1 saturated carbocycles. The van der Waals surface area contributed by atoms with Crippen LogP contribution in [-0.2, 0) is 0 Å². The molecule has 0 atom stereocenters. The molecule has 2 aromatic heterocycles. The molecule has 2 heterocycles. The van der Waals surface area contributed by atoms with Crippen molar-refractivity contribution in [2.75, 3.05) is 17.3 Å². The van der Waals surface area contributed by atoms with Crippen molar-refractivity contribution in [1.29, 1.82) is 0 Å². The number of rotatable bonds is 4. The number of fused-ring (bicyclic) bond motifs is 1. The average Bonchev–Trinajstić information content (AvgIpc) is 2.94. The first-order valence-corrected chi connectivity index (χ1v) is 6.86. The van der Waals surface area contributed by atoms with Crippen LogP contribution in [0.25, 0.3) is 11.0 Å². The zero-order valence-corrected chi connectivity index (χ0v) is 11.1. The maximum atomic E-state index is 9.52. The highest BCUT2D eigenvalue weighted by Gasteiger charge is 2.19. The minimum atomic E-state index is -0.126. The van der Waals surface area contributed by atoms with Gasteiger partial charge in [0.1, 0.15) is 5.82 Å². The monoisotopic (exact) mass is 277 g/mol. The molecule has 0 radical (unpaired) electrons. The summed E-state index contributed by atoms with van der Waals surface area (Å²) in [6, 6.07) is 0. The number of nitrogens with one attached hydrogen (secondary N) is 3. The zero-order valence-electron chi connectivity index (χ0n) is 11.1. The zero-order chi connectivity index (χ0) is 13.9. The van der Waals surface area contributed by atoms with Gasteiger partial charge in [0.25, 0.3) is 0 Å². The van der Waals surface area contributed by atoms with E-state index in [4.69, 9.17) is 5.84 Å². The third kappa shape index (κ3) is 2.66. The Kier molecular flexibility index (Phi) is 3.66. The van der Waals surface area contributed by atoms with Gasteiger partial charge in [0, 0.05) is 6.54 Å². The second-order valence-corrected chi connectivity index (χ2v) is 5.23. The summed E-state index contributed by atoms with van der Waals surface area (Å²) in [5.74, 6) is 7.00. The van der Waals surface area contributed by atoms with E-state index in [2.05, 4.69) is 30.9 Å². The molecule has 8 heteroatoms. The van der Waals surface area contributed by atoms with Crippen molar-refractivity contribution in [3.8, 4) is 0 Å². The summed E-state index contributed by atoms with van der Waals surface area (Å²) in [6.45, 7) is 0.827. The van der Waals surface area contributed by atoms with Crippen molar-refractivity contribution >= 4 is 22.8 Å². The van der Waals surface area contributed by atoms with Crippen LogP contribution in [0.5, 0.6) is 0 Å². The Hall–Kier alpha value is -1.93. The molecule has 1 aliphatic rings. The van der Waals surface area contributed by atoms with Crippen LogP contribution in [0.2, 0.25) is 0 Å². The first kappa shape index (κ1) is 13.1. The van der Waals surface area contributed by atoms with Crippen molar-refractivity contribution in [3.63, 3.8) is 0 Å². The fourth-order valence-corrected chi connectivity index (χ4v) is 2.62. The van der Waals surface area contributed by atoms with E-state index in [1.54, 1.807) is 6.20 Å². The van der Waals surface area contributed by atoms with E-state index in [1.807, 2.05) is 0 Å². The first-order chi connectivity index (χ1) is 9.76. The van der Waals surface area contributed by atoms with Gasteiger partial charge < -0.3 is 10.4 Å². The Morgan fingerprint density at radius 3 is 2.85 bits per heavy atom. The number of aliphatic hydroxyl groups excluding tert-OH is 1. The molecule has 6 N–H and O–H groups in total. The molecule has 0 saturated heterocycles. The van der Waals surface area contributed by atoms with Gasteiger partial charge in [-0.2, -0.15) is 15.1 Å². The number of anilines is 2. The van der Waals surface area contributed by atoms with Crippen molar-refractivity contribution < 1.29 is 5.11 Å². The molecule has 0 amide bonds. The molecule has 0 aliphatic heterocycles. The summed E-state index contributed by atoms with van der Waals surface area (Å²) in [7, 11) is 0. The van der Waals surface area contributed by atoms with Gasteiger partial charge in [-0.05, 0) is 31.6 Å². The quantitative estimate of drug-likeness (QED) is 0.409. The average molecular weight is 277 g/mol. The Morgan fingerprint density at radius 2 is 2.10 bits per heavy atom. The normalized spacial score (nSPS) is 22.9. The van der Waals surface area contributed by atoms with Gasteiger partial charge >= 0.3 is 0 Å². The second kappa shape index (κ2) is 5.59.